The first-order valence-corrected chi connectivity index (χ1v) is 4.57. The van der Waals surface area contributed by atoms with Crippen molar-refractivity contribution in [3.63, 3.8) is 0 Å². The van der Waals surface area contributed by atoms with Gasteiger partial charge >= 0.3 is 5.69 Å². The fourth-order valence-electron chi connectivity index (χ4n) is 0.985. The number of nitro benzene ring substituents is 1. The normalized spacial score (nSPS) is 12.5. The van der Waals surface area contributed by atoms with Gasteiger partial charge in [-0.15, -0.1) is 0 Å². The van der Waals surface area contributed by atoms with E-state index in [2.05, 4.69) is 15.9 Å². The molecule has 0 saturated heterocycles. The molecule has 0 amide bonds. The van der Waals surface area contributed by atoms with E-state index in [0.717, 1.165) is 6.07 Å². The lowest BCUT2D eigenvalue weighted by molar-refractivity contribution is -0.386. The molecule has 1 rings (SSSR count). The number of hydrogen-bond donors (Lipinski definition) is 2. The molecule has 0 saturated carbocycles. The summed E-state index contributed by atoms with van der Waals surface area (Å²) in [5.41, 5.74) is -0.0448. The number of phenolic OH excluding ortho intramolecular Hbond substituents is 1. The van der Waals surface area contributed by atoms with Crippen molar-refractivity contribution in [2.45, 2.75) is 13.0 Å². The number of nitrogens with zero attached hydrogens (tertiary/aromatic N) is 1. The van der Waals surface area contributed by atoms with Crippen molar-refractivity contribution < 1.29 is 15.1 Å². The zero-order valence-corrected chi connectivity index (χ0v) is 8.85. The molecule has 14 heavy (non-hydrogen) atoms. The topological polar surface area (TPSA) is 83.6 Å². The van der Waals surface area contributed by atoms with Crippen LogP contribution >= 0.6 is 15.9 Å². The average molecular weight is 262 g/mol. The first-order chi connectivity index (χ1) is 6.43. The number of rotatable bonds is 2. The largest absolute Gasteiger partial charge is 0.501 e. The van der Waals surface area contributed by atoms with Crippen molar-refractivity contribution in [2.75, 3.05) is 0 Å². The van der Waals surface area contributed by atoms with Crippen LogP contribution in [0.15, 0.2) is 16.6 Å². The van der Waals surface area contributed by atoms with E-state index in [1.54, 1.807) is 0 Å². The fraction of sp³-hybridized carbons (Fsp3) is 0.250. The van der Waals surface area contributed by atoms with Crippen LogP contribution in [0.25, 0.3) is 0 Å². The minimum absolute atomic E-state index is 0.197. The van der Waals surface area contributed by atoms with Gasteiger partial charge in [0.05, 0.1) is 15.5 Å². The van der Waals surface area contributed by atoms with Crippen molar-refractivity contribution in [3.8, 4) is 5.75 Å². The molecule has 1 unspecified atom stereocenters. The van der Waals surface area contributed by atoms with Gasteiger partial charge in [0.15, 0.2) is 0 Å². The lowest BCUT2D eigenvalue weighted by Crippen LogP contribution is -1.95. The van der Waals surface area contributed by atoms with E-state index < -0.39 is 22.5 Å². The maximum Gasteiger partial charge on any atom is 0.312 e. The molecule has 5 nitrogen and oxygen atoms in total. The third kappa shape index (κ3) is 2.02. The molecule has 1 aromatic carbocycles. The Balaban J connectivity index is 3.35. The number of halogens is 1. The lowest BCUT2D eigenvalue weighted by Gasteiger charge is -2.06. The van der Waals surface area contributed by atoms with Gasteiger partial charge in [0.2, 0.25) is 5.75 Å². The molecule has 0 fully saturated rings. The highest BCUT2D eigenvalue weighted by atomic mass is 79.9. The summed E-state index contributed by atoms with van der Waals surface area (Å²) in [4.78, 5) is 9.79. The van der Waals surface area contributed by atoms with E-state index >= 15 is 0 Å². The molecule has 0 aliphatic rings. The van der Waals surface area contributed by atoms with Crippen molar-refractivity contribution in [2.24, 2.45) is 0 Å². The highest BCUT2D eigenvalue weighted by Crippen LogP contribution is 2.36. The summed E-state index contributed by atoms with van der Waals surface area (Å²) < 4.78 is 0.197. The van der Waals surface area contributed by atoms with E-state index in [9.17, 15) is 20.3 Å². The summed E-state index contributed by atoms with van der Waals surface area (Å²) in [6.45, 7) is 1.49. The van der Waals surface area contributed by atoms with Gasteiger partial charge < -0.3 is 10.2 Å². The van der Waals surface area contributed by atoms with Gasteiger partial charge in [0.25, 0.3) is 0 Å². The van der Waals surface area contributed by atoms with Crippen molar-refractivity contribution >= 4 is 21.6 Å². The molecule has 0 aromatic heterocycles. The van der Waals surface area contributed by atoms with Crippen molar-refractivity contribution in [3.05, 3.63) is 32.3 Å². The Morgan fingerprint density at radius 2 is 2.14 bits per heavy atom. The van der Waals surface area contributed by atoms with Crippen LogP contribution in [0.2, 0.25) is 0 Å². The van der Waals surface area contributed by atoms with E-state index in [1.165, 1.54) is 13.0 Å². The predicted octanol–water partition coefficient (Wildman–Crippen LogP) is 2.12. The highest BCUT2D eigenvalue weighted by molar-refractivity contribution is 9.10. The second-order valence-electron chi connectivity index (χ2n) is 2.80. The minimum atomic E-state index is -0.814. The Labute approximate surface area is 88.3 Å². The molecule has 6 heteroatoms. The number of aliphatic hydroxyl groups excluding tert-OH is 1. The highest BCUT2D eigenvalue weighted by Gasteiger charge is 2.19. The summed E-state index contributed by atoms with van der Waals surface area (Å²) in [6.07, 6.45) is -0.814. The fourth-order valence-corrected chi connectivity index (χ4v) is 1.45. The van der Waals surface area contributed by atoms with E-state index in [0.29, 0.717) is 5.56 Å². The van der Waals surface area contributed by atoms with Gasteiger partial charge in [-0.3, -0.25) is 10.1 Å². The van der Waals surface area contributed by atoms with Gasteiger partial charge in [0.1, 0.15) is 0 Å². The first-order valence-electron chi connectivity index (χ1n) is 3.78. The van der Waals surface area contributed by atoms with Crippen molar-refractivity contribution in [1.82, 2.24) is 0 Å². The molecule has 0 aliphatic carbocycles. The molecular weight excluding hydrogens is 254 g/mol. The van der Waals surface area contributed by atoms with Crippen LogP contribution < -0.4 is 0 Å². The summed E-state index contributed by atoms with van der Waals surface area (Å²) >= 11 is 2.97. The standard InChI is InChI=1S/C8H8BrNO4/c1-4(11)5-2-6(9)8(12)7(3-5)10(13)14/h2-4,11-12H,1H3. The van der Waals surface area contributed by atoms with Crippen LogP contribution in [0.1, 0.15) is 18.6 Å². The number of nitro groups is 1. The number of aliphatic hydroxyl groups is 1. The number of hydrogen-bond acceptors (Lipinski definition) is 4. The monoisotopic (exact) mass is 261 g/mol. The Morgan fingerprint density at radius 3 is 2.57 bits per heavy atom. The molecule has 76 valence electrons. The van der Waals surface area contributed by atoms with Crippen LogP contribution in [0.5, 0.6) is 5.75 Å². The maximum absolute atomic E-state index is 10.5. The van der Waals surface area contributed by atoms with Crippen LogP contribution in [0.4, 0.5) is 5.69 Å². The molecule has 1 atom stereocenters. The Morgan fingerprint density at radius 1 is 1.57 bits per heavy atom. The lowest BCUT2D eigenvalue weighted by atomic mass is 10.1. The number of aromatic hydroxyl groups is 1. The average Bonchev–Trinajstić information content (AvgIpc) is 2.08. The second-order valence-corrected chi connectivity index (χ2v) is 3.66. The van der Waals surface area contributed by atoms with Gasteiger partial charge in [-0.2, -0.15) is 0 Å². The number of phenols is 1. The summed E-state index contributed by atoms with van der Waals surface area (Å²) in [5, 5.41) is 29.0. The zero-order valence-electron chi connectivity index (χ0n) is 7.27. The third-order valence-corrected chi connectivity index (χ3v) is 2.35. The van der Waals surface area contributed by atoms with E-state index in [1.807, 2.05) is 0 Å². The first kappa shape index (κ1) is 10.9. The second kappa shape index (κ2) is 3.93. The Hall–Kier alpha value is -1.14. The molecular formula is C8H8BrNO4. The molecule has 0 radical (unpaired) electrons. The van der Waals surface area contributed by atoms with Gasteiger partial charge in [-0.05, 0) is 34.5 Å². The predicted molar refractivity (Wildman–Crippen MR) is 53.1 cm³/mol. The summed E-state index contributed by atoms with van der Waals surface area (Å²) in [6, 6.07) is 2.58. The van der Waals surface area contributed by atoms with Crippen molar-refractivity contribution in [1.29, 1.82) is 0 Å². The van der Waals surface area contributed by atoms with Crippen LogP contribution in [0, 0.1) is 10.1 Å². The Kier molecular flexibility index (Phi) is 3.07. The quantitative estimate of drug-likeness (QED) is 0.631. The summed E-state index contributed by atoms with van der Waals surface area (Å²) in [7, 11) is 0. The van der Waals surface area contributed by atoms with Crippen LogP contribution in [-0.2, 0) is 0 Å². The zero-order chi connectivity index (χ0) is 10.9. The Bertz CT molecular complexity index is 378. The molecule has 0 bridgehead atoms. The SMILES string of the molecule is CC(O)c1cc(Br)c(O)c([N+](=O)[O-])c1. The molecule has 0 heterocycles. The van der Waals surface area contributed by atoms with Crippen LogP contribution in [-0.4, -0.2) is 15.1 Å². The molecule has 0 aliphatic heterocycles. The van der Waals surface area contributed by atoms with Crippen LogP contribution in [0.3, 0.4) is 0 Å². The third-order valence-electron chi connectivity index (χ3n) is 1.74. The van der Waals surface area contributed by atoms with Gasteiger partial charge in [0, 0.05) is 6.07 Å². The smallest absolute Gasteiger partial charge is 0.312 e. The molecule has 1 aromatic rings. The summed E-state index contributed by atoms with van der Waals surface area (Å²) in [5.74, 6) is -0.431. The minimum Gasteiger partial charge on any atom is -0.501 e. The molecule has 2 N–H and O–H groups in total. The van der Waals surface area contributed by atoms with Gasteiger partial charge in [-0.1, -0.05) is 0 Å². The molecule has 0 spiro atoms. The number of benzene rings is 1. The van der Waals surface area contributed by atoms with Gasteiger partial charge in [-0.25, -0.2) is 0 Å². The van der Waals surface area contributed by atoms with E-state index in [-0.39, 0.29) is 4.47 Å². The van der Waals surface area contributed by atoms with E-state index in [4.69, 9.17) is 0 Å². The maximum atomic E-state index is 10.5.